The lowest BCUT2D eigenvalue weighted by Crippen LogP contribution is -2.37. The maximum Gasteiger partial charge on any atom is 0.0951 e. The number of aromatic nitrogens is 1. The second kappa shape index (κ2) is 5.90. The van der Waals surface area contributed by atoms with Gasteiger partial charge in [-0.25, -0.2) is 0 Å². The molecule has 1 aliphatic rings. The Morgan fingerprint density at radius 2 is 2.10 bits per heavy atom. The van der Waals surface area contributed by atoms with Gasteiger partial charge in [0.05, 0.1) is 11.2 Å². The molecule has 0 spiro atoms. The van der Waals surface area contributed by atoms with Crippen LogP contribution >= 0.6 is 0 Å². The van der Waals surface area contributed by atoms with Gasteiger partial charge in [-0.15, -0.1) is 0 Å². The van der Waals surface area contributed by atoms with Crippen LogP contribution in [0.2, 0.25) is 0 Å². The van der Waals surface area contributed by atoms with Crippen LogP contribution in [0.4, 0.5) is 11.4 Å². The van der Waals surface area contributed by atoms with Crippen molar-refractivity contribution in [3.8, 4) is 0 Å². The molecule has 2 N–H and O–H groups in total. The van der Waals surface area contributed by atoms with Crippen molar-refractivity contribution in [2.75, 3.05) is 36.8 Å². The third-order valence-electron chi connectivity index (χ3n) is 4.61. The quantitative estimate of drug-likeness (QED) is 0.877. The van der Waals surface area contributed by atoms with Gasteiger partial charge in [-0.05, 0) is 31.6 Å². The molecular formula is C17H24N4. The highest BCUT2D eigenvalue weighted by molar-refractivity contribution is 5.98. The molecule has 4 heteroatoms. The predicted octanol–water partition coefficient (Wildman–Crippen LogP) is 2.74. The molecule has 1 aliphatic heterocycles. The van der Waals surface area contributed by atoms with Gasteiger partial charge in [0.25, 0.3) is 0 Å². The first-order valence-corrected chi connectivity index (χ1v) is 7.86. The van der Waals surface area contributed by atoms with Crippen LogP contribution in [0, 0.1) is 0 Å². The second-order valence-corrected chi connectivity index (χ2v) is 5.68. The largest absolute Gasteiger partial charge is 0.397 e. The van der Waals surface area contributed by atoms with Crippen LogP contribution < -0.4 is 10.6 Å². The Hall–Kier alpha value is -1.81. The summed E-state index contributed by atoms with van der Waals surface area (Å²) in [4.78, 5) is 9.47. The number of rotatable bonds is 4. The van der Waals surface area contributed by atoms with E-state index in [2.05, 4.69) is 40.8 Å². The smallest absolute Gasteiger partial charge is 0.0951 e. The van der Waals surface area contributed by atoms with Crippen molar-refractivity contribution >= 4 is 22.3 Å². The number of hydrogen-bond acceptors (Lipinski definition) is 4. The molecule has 4 nitrogen and oxygen atoms in total. The molecule has 0 aliphatic carbocycles. The van der Waals surface area contributed by atoms with Crippen molar-refractivity contribution in [2.45, 2.75) is 26.3 Å². The van der Waals surface area contributed by atoms with Crippen LogP contribution in [0.3, 0.4) is 0 Å². The van der Waals surface area contributed by atoms with Gasteiger partial charge in [-0.3, -0.25) is 9.88 Å². The zero-order chi connectivity index (χ0) is 14.8. The Morgan fingerprint density at radius 3 is 2.86 bits per heavy atom. The fourth-order valence-electron chi connectivity index (χ4n) is 3.46. The summed E-state index contributed by atoms with van der Waals surface area (Å²) in [7, 11) is 0. The van der Waals surface area contributed by atoms with E-state index in [4.69, 9.17) is 5.73 Å². The van der Waals surface area contributed by atoms with Crippen LogP contribution in [0.1, 0.15) is 20.3 Å². The van der Waals surface area contributed by atoms with Crippen LogP contribution in [0.25, 0.3) is 10.9 Å². The number of benzene rings is 1. The van der Waals surface area contributed by atoms with Crippen molar-refractivity contribution in [3.05, 3.63) is 30.5 Å². The minimum atomic E-state index is 0.657. The Morgan fingerprint density at radius 1 is 1.29 bits per heavy atom. The average molecular weight is 284 g/mol. The van der Waals surface area contributed by atoms with E-state index in [0.717, 1.165) is 42.8 Å². The molecule has 0 saturated carbocycles. The molecule has 0 bridgehead atoms. The molecular weight excluding hydrogens is 260 g/mol. The van der Waals surface area contributed by atoms with Gasteiger partial charge in [0.15, 0.2) is 0 Å². The molecule has 1 atom stereocenters. The highest BCUT2D eigenvalue weighted by Gasteiger charge is 2.27. The summed E-state index contributed by atoms with van der Waals surface area (Å²) in [6, 6.07) is 8.83. The van der Waals surface area contributed by atoms with Crippen LogP contribution in [0.5, 0.6) is 0 Å². The van der Waals surface area contributed by atoms with Gasteiger partial charge < -0.3 is 10.6 Å². The minimum absolute atomic E-state index is 0.657. The van der Waals surface area contributed by atoms with Crippen molar-refractivity contribution in [1.29, 1.82) is 0 Å². The molecule has 1 aromatic heterocycles. The summed E-state index contributed by atoms with van der Waals surface area (Å²) in [5.41, 5.74) is 8.99. The van der Waals surface area contributed by atoms with E-state index in [1.165, 1.54) is 12.1 Å². The van der Waals surface area contributed by atoms with Gasteiger partial charge >= 0.3 is 0 Å². The Bertz CT molecular complexity index is 621. The molecule has 1 fully saturated rings. The first-order valence-electron chi connectivity index (χ1n) is 7.86. The third kappa shape index (κ3) is 2.56. The first-order chi connectivity index (χ1) is 10.2. The molecule has 21 heavy (non-hydrogen) atoms. The minimum Gasteiger partial charge on any atom is -0.397 e. The van der Waals surface area contributed by atoms with E-state index < -0.39 is 0 Å². The van der Waals surface area contributed by atoms with Crippen LogP contribution in [-0.2, 0) is 0 Å². The van der Waals surface area contributed by atoms with E-state index in [-0.39, 0.29) is 0 Å². The Kier molecular flexibility index (Phi) is 3.97. The molecule has 2 aromatic rings. The second-order valence-electron chi connectivity index (χ2n) is 5.68. The van der Waals surface area contributed by atoms with Gasteiger partial charge in [0, 0.05) is 36.4 Å². The van der Waals surface area contributed by atoms with Crippen molar-refractivity contribution in [2.24, 2.45) is 0 Å². The fourth-order valence-corrected chi connectivity index (χ4v) is 3.46. The number of para-hydroxylation sites is 1. The zero-order valence-electron chi connectivity index (χ0n) is 12.9. The lowest BCUT2D eigenvalue weighted by molar-refractivity contribution is 0.232. The SMILES string of the molecule is CCN(CC)C1CCN(c2ccnc3c(N)cccc23)C1. The lowest BCUT2D eigenvalue weighted by atomic mass is 10.1. The molecule has 112 valence electrons. The van der Waals surface area contributed by atoms with E-state index in [1.54, 1.807) is 0 Å². The maximum absolute atomic E-state index is 6.05. The average Bonchev–Trinajstić information content (AvgIpc) is 2.98. The number of nitrogens with zero attached hydrogens (tertiary/aromatic N) is 3. The Balaban J connectivity index is 1.90. The van der Waals surface area contributed by atoms with Crippen molar-refractivity contribution in [1.82, 2.24) is 9.88 Å². The highest BCUT2D eigenvalue weighted by atomic mass is 15.3. The van der Waals surface area contributed by atoms with Crippen molar-refractivity contribution in [3.63, 3.8) is 0 Å². The van der Waals surface area contributed by atoms with Crippen LogP contribution in [-0.4, -0.2) is 42.1 Å². The Labute approximate surface area is 126 Å². The number of anilines is 2. The van der Waals surface area contributed by atoms with E-state index in [1.807, 2.05) is 18.3 Å². The molecule has 0 amide bonds. The van der Waals surface area contributed by atoms with E-state index >= 15 is 0 Å². The van der Waals surface area contributed by atoms with E-state index in [9.17, 15) is 0 Å². The summed E-state index contributed by atoms with van der Waals surface area (Å²) in [5.74, 6) is 0. The third-order valence-corrected chi connectivity index (χ3v) is 4.61. The molecule has 1 saturated heterocycles. The monoisotopic (exact) mass is 284 g/mol. The van der Waals surface area contributed by atoms with Gasteiger partial charge in [-0.2, -0.15) is 0 Å². The fraction of sp³-hybridized carbons (Fsp3) is 0.471. The summed E-state index contributed by atoms with van der Waals surface area (Å²) < 4.78 is 0. The van der Waals surface area contributed by atoms with E-state index in [0.29, 0.717) is 6.04 Å². The molecule has 3 rings (SSSR count). The normalized spacial score (nSPS) is 18.8. The zero-order valence-corrected chi connectivity index (χ0v) is 12.9. The molecule has 1 aromatic carbocycles. The molecule has 1 unspecified atom stereocenters. The predicted molar refractivity (Wildman–Crippen MR) is 89.7 cm³/mol. The topological polar surface area (TPSA) is 45.4 Å². The maximum atomic E-state index is 6.05. The van der Waals surface area contributed by atoms with Gasteiger partial charge in [-0.1, -0.05) is 26.0 Å². The lowest BCUT2D eigenvalue weighted by Gasteiger charge is -2.27. The number of fused-ring (bicyclic) bond motifs is 1. The number of nitrogen functional groups attached to an aromatic ring is 1. The van der Waals surface area contributed by atoms with Crippen molar-refractivity contribution < 1.29 is 0 Å². The highest BCUT2D eigenvalue weighted by Crippen LogP contribution is 2.31. The summed E-state index contributed by atoms with van der Waals surface area (Å²) in [6.07, 6.45) is 3.10. The van der Waals surface area contributed by atoms with Gasteiger partial charge in [0.2, 0.25) is 0 Å². The summed E-state index contributed by atoms with van der Waals surface area (Å²) >= 11 is 0. The van der Waals surface area contributed by atoms with Gasteiger partial charge in [0.1, 0.15) is 0 Å². The molecule has 2 heterocycles. The number of nitrogens with two attached hydrogens (primary N) is 1. The number of pyridine rings is 1. The molecule has 0 radical (unpaired) electrons. The van der Waals surface area contributed by atoms with Crippen LogP contribution in [0.15, 0.2) is 30.5 Å². The number of hydrogen-bond donors (Lipinski definition) is 1. The number of likely N-dealkylation sites (N-methyl/N-ethyl adjacent to an activating group) is 1. The standard InChI is InChI=1S/C17H24N4/c1-3-20(4-2)13-9-11-21(12-13)16-8-10-19-17-14(16)6-5-7-15(17)18/h5-8,10,13H,3-4,9,11-12,18H2,1-2H3. The summed E-state index contributed by atoms with van der Waals surface area (Å²) in [6.45, 7) is 8.94. The summed E-state index contributed by atoms with van der Waals surface area (Å²) in [5, 5.41) is 1.16. The first kappa shape index (κ1) is 14.1.